The van der Waals surface area contributed by atoms with Crippen LogP contribution in [0, 0.1) is 6.92 Å². The first-order chi connectivity index (χ1) is 17.2. The second kappa shape index (κ2) is 10.3. The zero-order chi connectivity index (χ0) is 25.9. The lowest BCUT2D eigenvalue weighted by Crippen LogP contribution is -2.24. The van der Waals surface area contributed by atoms with E-state index in [2.05, 4.69) is 15.4 Å². The van der Waals surface area contributed by atoms with Crippen molar-refractivity contribution in [1.82, 2.24) is 14.8 Å². The molecule has 1 amide bonds. The summed E-state index contributed by atoms with van der Waals surface area (Å²) >= 11 is 0. The number of aromatic amines is 1. The smallest absolute Gasteiger partial charge is 0.383 e. The topological polar surface area (TPSA) is 75.2 Å². The number of nitrogens with one attached hydrogen (secondary N) is 2. The van der Waals surface area contributed by atoms with Crippen LogP contribution in [0.1, 0.15) is 21.5 Å². The minimum atomic E-state index is -4.54. The summed E-state index contributed by atoms with van der Waals surface area (Å²) in [5.74, 6) is -0.519. The Morgan fingerprint density at radius 3 is 2.64 bits per heavy atom. The molecule has 4 aromatic rings. The molecule has 0 saturated heterocycles. The van der Waals surface area contributed by atoms with Crippen LogP contribution in [0.2, 0.25) is 0 Å². The van der Waals surface area contributed by atoms with E-state index in [1.807, 2.05) is 25.3 Å². The van der Waals surface area contributed by atoms with Crippen LogP contribution in [0.15, 0.2) is 67.1 Å². The van der Waals surface area contributed by atoms with Gasteiger partial charge in [-0.05, 0) is 55.0 Å². The van der Waals surface area contributed by atoms with E-state index in [4.69, 9.17) is 4.74 Å². The molecule has 0 atom stereocenters. The van der Waals surface area contributed by atoms with Gasteiger partial charge in [0.05, 0.1) is 41.1 Å². The van der Waals surface area contributed by atoms with Crippen LogP contribution in [0.3, 0.4) is 0 Å². The van der Waals surface area contributed by atoms with E-state index in [0.29, 0.717) is 24.4 Å². The van der Waals surface area contributed by atoms with Crippen molar-refractivity contribution in [2.45, 2.75) is 13.1 Å². The molecule has 0 unspecified atom stereocenters. The van der Waals surface area contributed by atoms with E-state index in [-0.39, 0.29) is 5.69 Å². The number of aromatic nitrogens is 3. The number of pyridine rings is 1. The fourth-order valence-electron chi connectivity index (χ4n) is 3.74. The van der Waals surface area contributed by atoms with Gasteiger partial charge in [0, 0.05) is 44.2 Å². The average molecular weight is 498 g/mol. The first-order valence-corrected chi connectivity index (χ1v) is 11.2. The van der Waals surface area contributed by atoms with Crippen molar-refractivity contribution in [2.75, 3.05) is 37.5 Å². The Bertz CT molecular complexity index is 1330. The number of methoxy groups -OCH3 is 1. The summed E-state index contributed by atoms with van der Waals surface area (Å²) in [5.41, 5.74) is 3.45. The molecule has 2 aromatic carbocycles. The number of halogens is 3. The summed E-state index contributed by atoms with van der Waals surface area (Å²) in [6.45, 7) is 2.72. The number of likely N-dealkylation sites (N-methyl/N-ethyl adjacent to an activating group) is 1. The van der Waals surface area contributed by atoms with Gasteiger partial charge in [-0.2, -0.15) is 13.2 Å². The number of carbonyl (C=O) groups is 1. The van der Waals surface area contributed by atoms with E-state index in [1.54, 1.807) is 54.3 Å². The molecule has 0 aliphatic carbocycles. The maximum Gasteiger partial charge on any atom is 0.416 e. The maximum absolute atomic E-state index is 13.4. The van der Waals surface area contributed by atoms with E-state index in [9.17, 15) is 18.0 Å². The molecule has 2 heterocycles. The van der Waals surface area contributed by atoms with Crippen LogP contribution in [0.25, 0.3) is 16.9 Å². The molecule has 0 aliphatic heterocycles. The summed E-state index contributed by atoms with van der Waals surface area (Å²) in [6.07, 6.45) is 0.777. The fraction of sp³-hybridized carbons (Fsp3) is 0.231. The quantitative estimate of drug-likeness (QED) is 0.336. The summed E-state index contributed by atoms with van der Waals surface area (Å²) in [4.78, 5) is 19.0. The largest absolute Gasteiger partial charge is 0.416 e. The van der Waals surface area contributed by atoms with Crippen LogP contribution >= 0.6 is 0 Å². The number of alkyl halides is 3. The van der Waals surface area contributed by atoms with Gasteiger partial charge >= 0.3 is 6.18 Å². The second-order valence-corrected chi connectivity index (χ2v) is 8.37. The number of ether oxygens (including phenoxy) is 1. The maximum atomic E-state index is 13.4. The van der Waals surface area contributed by atoms with E-state index >= 15 is 0 Å². The monoisotopic (exact) mass is 497 g/mol. The minimum Gasteiger partial charge on any atom is -0.383 e. The van der Waals surface area contributed by atoms with Gasteiger partial charge in [-0.25, -0.2) is 0 Å². The van der Waals surface area contributed by atoms with Gasteiger partial charge < -0.3 is 15.0 Å². The Balaban J connectivity index is 1.61. The molecule has 36 heavy (non-hydrogen) atoms. The molecule has 0 bridgehead atoms. The van der Waals surface area contributed by atoms with E-state index in [1.165, 1.54) is 6.07 Å². The van der Waals surface area contributed by atoms with Gasteiger partial charge in [-0.3, -0.25) is 19.6 Å². The first-order valence-electron chi connectivity index (χ1n) is 11.2. The third-order valence-corrected chi connectivity index (χ3v) is 5.82. The third-order valence-electron chi connectivity index (χ3n) is 5.82. The molecule has 4 rings (SSSR count). The molecule has 0 spiro atoms. The van der Waals surface area contributed by atoms with Crippen LogP contribution < -0.4 is 10.2 Å². The summed E-state index contributed by atoms with van der Waals surface area (Å²) < 4.78 is 47.0. The van der Waals surface area contributed by atoms with Crippen molar-refractivity contribution >= 4 is 17.3 Å². The minimum absolute atomic E-state index is 0.0661. The molecule has 0 saturated carbocycles. The number of amides is 1. The molecule has 0 aliphatic rings. The highest BCUT2D eigenvalue weighted by atomic mass is 19.4. The van der Waals surface area contributed by atoms with Gasteiger partial charge in [-0.1, -0.05) is 6.07 Å². The highest BCUT2D eigenvalue weighted by Crippen LogP contribution is 2.35. The van der Waals surface area contributed by atoms with Gasteiger partial charge in [0.1, 0.15) is 0 Å². The number of aryl methyl sites for hydroxylation is 1. The lowest BCUT2D eigenvalue weighted by Gasteiger charge is -2.23. The van der Waals surface area contributed by atoms with Crippen LogP contribution in [0.4, 0.5) is 24.5 Å². The summed E-state index contributed by atoms with van der Waals surface area (Å²) in [5, 5.41) is 5.88. The Hall–Kier alpha value is -4.05. The van der Waals surface area contributed by atoms with Gasteiger partial charge in [0.25, 0.3) is 5.91 Å². The number of anilines is 2. The van der Waals surface area contributed by atoms with Crippen molar-refractivity contribution in [3.05, 3.63) is 83.8 Å². The first kappa shape index (κ1) is 25.1. The van der Waals surface area contributed by atoms with Crippen molar-refractivity contribution in [2.24, 2.45) is 0 Å². The lowest BCUT2D eigenvalue weighted by molar-refractivity contribution is -0.137. The van der Waals surface area contributed by atoms with E-state index < -0.39 is 17.6 Å². The molecular weight excluding hydrogens is 471 g/mol. The Labute approximate surface area is 206 Å². The zero-order valence-corrected chi connectivity index (χ0v) is 20.1. The molecular formula is C26H26F3N5O2. The summed E-state index contributed by atoms with van der Waals surface area (Å²) in [6, 6.07) is 12.2. The van der Waals surface area contributed by atoms with Crippen molar-refractivity contribution < 1.29 is 22.7 Å². The zero-order valence-electron chi connectivity index (χ0n) is 20.1. The number of carbonyl (C=O) groups excluding carboxylic acids is 1. The number of benzene rings is 2. The highest BCUT2D eigenvalue weighted by Gasteiger charge is 2.31. The molecule has 0 radical (unpaired) electrons. The highest BCUT2D eigenvalue weighted by molar-refractivity contribution is 6.06. The average Bonchev–Trinajstić information content (AvgIpc) is 2.82. The lowest BCUT2D eigenvalue weighted by atomic mass is 10.1. The van der Waals surface area contributed by atoms with Crippen LogP contribution in [0.5, 0.6) is 0 Å². The number of hydrogen-bond acceptors (Lipinski definition) is 4. The van der Waals surface area contributed by atoms with Crippen molar-refractivity contribution in [1.29, 1.82) is 0 Å². The standard InChI is InChI=1S/C26H26F3N5O2/c1-17-6-7-18(13-24(17)34-16-22(32-34)19-5-4-10-30-15-19)25(35)31-21-14-20(26(27,28)29)8-9-23(21)33(2)11-12-36-3/h4-10,13-16,32H,11-12H2,1-3H3,(H,31,35). The number of hydrogen-bond donors (Lipinski definition) is 2. The Morgan fingerprint density at radius 2 is 1.97 bits per heavy atom. The van der Waals surface area contributed by atoms with Crippen molar-refractivity contribution in [3.63, 3.8) is 0 Å². The fourth-order valence-corrected chi connectivity index (χ4v) is 3.74. The molecule has 2 N–H and O–H groups in total. The predicted molar refractivity (Wildman–Crippen MR) is 133 cm³/mol. The molecule has 188 valence electrons. The molecule has 10 heteroatoms. The van der Waals surface area contributed by atoms with Gasteiger partial charge in [-0.15, -0.1) is 0 Å². The third kappa shape index (κ3) is 5.44. The second-order valence-electron chi connectivity index (χ2n) is 8.37. The number of nitrogens with zero attached hydrogens (tertiary/aromatic N) is 3. The normalized spacial score (nSPS) is 11.5. The molecule has 7 nitrogen and oxygen atoms in total. The van der Waals surface area contributed by atoms with Gasteiger partial charge in [0.2, 0.25) is 0 Å². The predicted octanol–water partition coefficient (Wildman–Crippen LogP) is 5.53. The molecule has 0 fully saturated rings. The Morgan fingerprint density at radius 1 is 1.19 bits per heavy atom. The van der Waals surface area contributed by atoms with Crippen LogP contribution in [-0.2, 0) is 10.9 Å². The number of rotatable bonds is 8. The van der Waals surface area contributed by atoms with Gasteiger partial charge in [0.15, 0.2) is 0 Å². The van der Waals surface area contributed by atoms with E-state index in [0.717, 1.165) is 34.6 Å². The summed E-state index contributed by atoms with van der Waals surface area (Å²) in [7, 11) is 3.27. The number of H-pyrrole nitrogens is 1. The van der Waals surface area contributed by atoms with Crippen LogP contribution in [-0.4, -0.2) is 48.0 Å². The van der Waals surface area contributed by atoms with Crippen molar-refractivity contribution in [3.8, 4) is 16.9 Å². The molecule has 2 aromatic heterocycles. The SMILES string of the molecule is COCCN(C)c1ccc(C(F)(F)F)cc1NC(=O)c1ccc(C)c(-n2cc(-c3cccnc3)[nH]2)c1. The Kier molecular flexibility index (Phi) is 7.16.